The third-order valence-corrected chi connectivity index (χ3v) is 4.53. The first-order chi connectivity index (χ1) is 11.9. The topological polar surface area (TPSA) is 68.5 Å². The van der Waals surface area contributed by atoms with Crippen LogP contribution in [0.15, 0.2) is 18.2 Å². The molecule has 25 heavy (non-hydrogen) atoms. The molecule has 0 bridgehead atoms. The summed E-state index contributed by atoms with van der Waals surface area (Å²) in [5.41, 5.74) is 4.58. The van der Waals surface area contributed by atoms with Crippen LogP contribution in [0.3, 0.4) is 0 Å². The smallest absolute Gasteiger partial charge is 0.161 e. The highest BCUT2D eigenvalue weighted by Gasteiger charge is 2.19. The predicted octanol–water partition coefficient (Wildman–Crippen LogP) is 2.83. The first-order valence-electron chi connectivity index (χ1n) is 8.56. The van der Waals surface area contributed by atoms with Crippen LogP contribution in [0.25, 0.3) is 0 Å². The monoisotopic (exact) mass is 347 g/mol. The van der Waals surface area contributed by atoms with Gasteiger partial charge in [0, 0.05) is 30.4 Å². The van der Waals surface area contributed by atoms with Gasteiger partial charge in [-0.25, -0.2) is 0 Å². The van der Waals surface area contributed by atoms with Crippen LogP contribution in [0.2, 0.25) is 0 Å². The molecule has 2 rings (SSSR count). The lowest BCUT2D eigenvalue weighted by Gasteiger charge is -2.22. The van der Waals surface area contributed by atoms with Crippen molar-refractivity contribution in [2.45, 2.75) is 39.8 Å². The summed E-state index contributed by atoms with van der Waals surface area (Å²) in [5.74, 6) is 1.31. The standard InChI is InChI=1S/C19H29N3O3/c1-12(20-13(2)19-14(3)21-22(5)15(19)4)16-7-8-17(25-10-9-23)18(11-16)24-6/h7-8,11-13,20,23H,9-10H2,1-6H3. The number of methoxy groups -OCH3 is 1. The summed E-state index contributed by atoms with van der Waals surface area (Å²) in [4.78, 5) is 0. The maximum absolute atomic E-state index is 8.91. The van der Waals surface area contributed by atoms with Crippen LogP contribution >= 0.6 is 0 Å². The zero-order chi connectivity index (χ0) is 18.6. The number of nitrogens with one attached hydrogen (secondary N) is 1. The molecule has 0 aliphatic rings. The second-order valence-electron chi connectivity index (χ2n) is 6.30. The lowest BCUT2D eigenvalue weighted by Crippen LogP contribution is -2.23. The maximum atomic E-state index is 8.91. The molecular formula is C19H29N3O3. The largest absolute Gasteiger partial charge is 0.493 e. The fourth-order valence-electron chi connectivity index (χ4n) is 3.20. The van der Waals surface area contributed by atoms with E-state index in [1.165, 1.54) is 11.3 Å². The van der Waals surface area contributed by atoms with Gasteiger partial charge < -0.3 is 19.9 Å². The van der Waals surface area contributed by atoms with Crippen LogP contribution in [0.1, 0.15) is 48.4 Å². The Balaban J connectivity index is 2.15. The molecule has 0 amide bonds. The first kappa shape index (κ1) is 19.3. The Bertz CT molecular complexity index is 712. The van der Waals surface area contributed by atoms with Gasteiger partial charge in [0.15, 0.2) is 11.5 Å². The predicted molar refractivity (Wildman–Crippen MR) is 98.2 cm³/mol. The van der Waals surface area contributed by atoms with Crippen LogP contribution in [-0.2, 0) is 7.05 Å². The number of hydrogen-bond donors (Lipinski definition) is 2. The molecule has 0 aliphatic carbocycles. The number of benzene rings is 1. The number of nitrogens with zero attached hydrogens (tertiary/aromatic N) is 2. The highest BCUT2D eigenvalue weighted by molar-refractivity contribution is 5.44. The second kappa shape index (κ2) is 8.36. The van der Waals surface area contributed by atoms with Crippen molar-refractivity contribution in [2.24, 2.45) is 7.05 Å². The van der Waals surface area contributed by atoms with Gasteiger partial charge in [-0.05, 0) is 45.4 Å². The van der Waals surface area contributed by atoms with E-state index in [1.54, 1.807) is 7.11 Å². The quantitative estimate of drug-likeness (QED) is 0.768. The zero-order valence-electron chi connectivity index (χ0n) is 16.0. The van der Waals surface area contributed by atoms with Gasteiger partial charge in [0.2, 0.25) is 0 Å². The van der Waals surface area contributed by atoms with Gasteiger partial charge in [0.05, 0.1) is 19.4 Å². The summed E-state index contributed by atoms with van der Waals surface area (Å²) >= 11 is 0. The molecule has 0 saturated heterocycles. The van der Waals surface area contributed by atoms with Crippen LogP contribution in [0.4, 0.5) is 0 Å². The normalized spacial score (nSPS) is 13.6. The van der Waals surface area contributed by atoms with Gasteiger partial charge in [-0.2, -0.15) is 5.10 Å². The highest BCUT2D eigenvalue weighted by Crippen LogP contribution is 2.31. The van der Waals surface area contributed by atoms with E-state index in [0.29, 0.717) is 11.5 Å². The third kappa shape index (κ3) is 4.32. The Labute approximate surface area is 149 Å². The maximum Gasteiger partial charge on any atom is 0.161 e. The van der Waals surface area contributed by atoms with Crippen molar-refractivity contribution in [1.82, 2.24) is 15.1 Å². The Kier molecular flexibility index (Phi) is 6.45. The van der Waals surface area contributed by atoms with Gasteiger partial charge in [-0.1, -0.05) is 6.07 Å². The number of rotatable bonds is 8. The zero-order valence-corrected chi connectivity index (χ0v) is 16.0. The molecule has 0 fully saturated rings. The number of aromatic nitrogens is 2. The number of hydrogen-bond acceptors (Lipinski definition) is 5. The van der Waals surface area contributed by atoms with E-state index in [2.05, 4.69) is 31.2 Å². The summed E-state index contributed by atoms with van der Waals surface area (Å²) in [6.45, 7) is 8.64. The molecule has 0 saturated carbocycles. The molecule has 0 spiro atoms. The molecule has 0 radical (unpaired) electrons. The summed E-state index contributed by atoms with van der Waals surface area (Å²) in [6, 6.07) is 6.19. The Morgan fingerprint density at radius 2 is 1.92 bits per heavy atom. The van der Waals surface area contributed by atoms with E-state index >= 15 is 0 Å². The fourth-order valence-corrected chi connectivity index (χ4v) is 3.20. The molecule has 138 valence electrons. The lowest BCUT2D eigenvalue weighted by atomic mass is 10.0. The average molecular weight is 347 g/mol. The van der Waals surface area contributed by atoms with Crippen LogP contribution < -0.4 is 14.8 Å². The third-order valence-electron chi connectivity index (χ3n) is 4.53. The molecule has 2 atom stereocenters. The summed E-state index contributed by atoms with van der Waals surface area (Å²) in [5, 5.41) is 17.0. The fraction of sp³-hybridized carbons (Fsp3) is 0.526. The van der Waals surface area contributed by atoms with E-state index in [4.69, 9.17) is 14.6 Å². The van der Waals surface area contributed by atoms with Crippen molar-refractivity contribution in [3.8, 4) is 11.5 Å². The Hall–Kier alpha value is -2.05. The molecule has 2 aromatic rings. The van der Waals surface area contributed by atoms with Gasteiger partial charge >= 0.3 is 0 Å². The average Bonchev–Trinajstić information content (AvgIpc) is 2.84. The molecule has 1 aromatic carbocycles. The van der Waals surface area contributed by atoms with Crippen molar-refractivity contribution in [2.75, 3.05) is 20.3 Å². The van der Waals surface area contributed by atoms with Crippen molar-refractivity contribution in [3.05, 3.63) is 40.7 Å². The molecule has 2 N–H and O–H groups in total. The van der Waals surface area contributed by atoms with Gasteiger partial charge in [0.1, 0.15) is 6.61 Å². The van der Waals surface area contributed by atoms with Gasteiger partial charge in [-0.15, -0.1) is 0 Å². The molecular weight excluding hydrogens is 318 g/mol. The van der Waals surface area contributed by atoms with E-state index in [9.17, 15) is 0 Å². The van der Waals surface area contributed by atoms with Crippen molar-refractivity contribution in [1.29, 1.82) is 0 Å². The number of aliphatic hydroxyl groups is 1. The number of aryl methyl sites for hydroxylation is 2. The SMILES string of the molecule is COc1cc(C(C)NC(C)c2c(C)nn(C)c2C)ccc1OCCO. The minimum absolute atomic E-state index is 0.0236. The van der Waals surface area contributed by atoms with E-state index in [1.807, 2.05) is 36.9 Å². The first-order valence-corrected chi connectivity index (χ1v) is 8.56. The molecule has 2 unspecified atom stereocenters. The summed E-state index contributed by atoms with van der Waals surface area (Å²) in [6.07, 6.45) is 0. The van der Waals surface area contributed by atoms with Crippen LogP contribution in [-0.4, -0.2) is 35.2 Å². The Morgan fingerprint density at radius 1 is 1.20 bits per heavy atom. The highest BCUT2D eigenvalue weighted by atomic mass is 16.5. The summed E-state index contributed by atoms with van der Waals surface area (Å²) in [7, 11) is 3.59. The molecule has 6 nitrogen and oxygen atoms in total. The molecule has 1 heterocycles. The minimum Gasteiger partial charge on any atom is -0.493 e. The van der Waals surface area contributed by atoms with E-state index in [0.717, 1.165) is 11.3 Å². The van der Waals surface area contributed by atoms with E-state index in [-0.39, 0.29) is 25.3 Å². The van der Waals surface area contributed by atoms with Crippen molar-refractivity contribution < 1.29 is 14.6 Å². The second-order valence-corrected chi connectivity index (χ2v) is 6.30. The number of ether oxygens (including phenoxy) is 2. The van der Waals surface area contributed by atoms with Gasteiger partial charge in [0.25, 0.3) is 0 Å². The van der Waals surface area contributed by atoms with Crippen molar-refractivity contribution in [3.63, 3.8) is 0 Å². The van der Waals surface area contributed by atoms with Gasteiger partial charge in [-0.3, -0.25) is 4.68 Å². The van der Waals surface area contributed by atoms with Crippen LogP contribution in [0, 0.1) is 13.8 Å². The van der Waals surface area contributed by atoms with Crippen LogP contribution in [0.5, 0.6) is 11.5 Å². The minimum atomic E-state index is -0.0236. The van der Waals surface area contributed by atoms with Crippen molar-refractivity contribution >= 4 is 0 Å². The molecule has 0 aliphatic heterocycles. The Morgan fingerprint density at radius 3 is 2.48 bits per heavy atom. The molecule has 6 heteroatoms. The number of aliphatic hydroxyl groups excluding tert-OH is 1. The molecule has 1 aromatic heterocycles. The van der Waals surface area contributed by atoms with E-state index < -0.39 is 0 Å². The summed E-state index contributed by atoms with van der Waals surface area (Å²) < 4.78 is 12.8. The lowest BCUT2D eigenvalue weighted by molar-refractivity contribution is 0.196.